The summed E-state index contributed by atoms with van der Waals surface area (Å²) in [5.74, 6) is 0.180. The summed E-state index contributed by atoms with van der Waals surface area (Å²) in [6, 6.07) is 8.31. The van der Waals surface area contributed by atoms with Gasteiger partial charge in [-0.3, -0.25) is 4.79 Å². The molecule has 28 heavy (non-hydrogen) atoms. The number of nitrogens with one attached hydrogen (secondary N) is 1. The van der Waals surface area contributed by atoms with Crippen molar-refractivity contribution in [2.45, 2.75) is 110 Å². The summed E-state index contributed by atoms with van der Waals surface area (Å²) in [4.78, 5) is 11.9. The lowest BCUT2D eigenvalue weighted by Crippen LogP contribution is -2.22. The highest BCUT2D eigenvalue weighted by atomic mass is 16.1. The third kappa shape index (κ3) is 14.5. The number of amides is 1. The molecule has 0 bridgehead atoms. The quantitative estimate of drug-likeness (QED) is 0.216. The predicted molar refractivity (Wildman–Crippen MR) is 122 cm³/mol. The second-order valence-electron chi connectivity index (χ2n) is 8.10. The minimum Gasteiger partial charge on any atom is -0.352 e. The fourth-order valence-corrected chi connectivity index (χ4v) is 3.47. The van der Waals surface area contributed by atoms with Crippen molar-refractivity contribution in [3.63, 3.8) is 0 Å². The second-order valence-corrected chi connectivity index (χ2v) is 8.10. The molecule has 0 spiro atoms. The van der Waals surface area contributed by atoms with Crippen molar-refractivity contribution in [3.05, 3.63) is 47.5 Å². The summed E-state index contributed by atoms with van der Waals surface area (Å²) >= 11 is 0. The molecule has 0 aliphatic carbocycles. The molecule has 0 aromatic heterocycles. The van der Waals surface area contributed by atoms with Gasteiger partial charge in [0.2, 0.25) is 5.91 Å². The van der Waals surface area contributed by atoms with Gasteiger partial charge < -0.3 is 5.32 Å². The lowest BCUT2D eigenvalue weighted by molar-refractivity contribution is -0.121. The van der Waals surface area contributed by atoms with Crippen molar-refractivity contribution in [3.8, 4) is 0 Å². The minimum atomic E-state index is 0.180. The van der Waals surface area contributed by atoms with Gasteiger partial charge in [-0.05, 0) is 44.6 Å². The molecule has 158 valence electrons. The van der Waals surface area contributed by atoms with Crippen LogP contribution < -0.4 is 5.32 Å². The summed E-state index contributed by atoms with van der Waals surface area (Å²) in [6.45, 7) is 5.00. The van der Waals surface area contributed by atoms with E-state index in [0.29, 0.717) is 13.0 Å². The molecule has 2 nitrogen and oxygen atoms in total. The number of rotatable bonds is 17. The van der Waals surface area contributed by atoms with Crippen molar-refractivity contribution in [1.82, 2.24) is 5.32 Å². The molecule has 1 N–H and O–H groups in total. The zero-order valence-electron chi connectivity index (χ0n) is 18.5. The number of benzene rings is 1. The number of aryl methyl sites for hydroxylation is 1. The van der Waals surface area contributed by atoms with E-state index in [1.165, 1.54) is 88.2 Å². The number of carbonyl (C=O) groups is 1. The Morgan fingerprint density at radius 2 is 1.46 bits per heavy atom. The van der Waals surface area contributed by atoms with E-state index in [4.69, 9.17) is 0 Å². The van der Waals surface area contributed by atoms with Gasteiger partial charge in [-0.25, -0.2) is 0 Å². The number of unbranched alkanes of at least 4 members (excludes halogenated alkanes) is 11. The van der Waals surface area contributed by atoms with Gasteiger partial charge in [-0.1, -0.05) is 100 Å². The molecule has 0 radical (unpaired) electrons. The van der Waals surface area contributed by atoms with Crippen LogP contribution in [0.2, 0.25) is 0 Å². The van der Waals surface area contributed by atoms with Gasteiger partial charge in [0.25, 0.3) is 0 Å². The molecule has 1 rings (SSSR count). The maximum atomic E-state index is 11.9. The largest absolute Gasteiger partial charge is 0.352 e. The average molecular weight is 386 g/mol. The van der Waals surface area contributed by atoms with Crippen LogP contribution in [0.15, 0.2) is 36.4 Å². The Bertz CT molecular complexity index is 535. The smallest absolute Gasteiger partial charge is 0.220 e. The van der Waals surface area contributed by atoms with E-state index in [0.717, 1.165) is 6.42 Å². The molecule has 1 amide bonds. The van der Waals surface area contributed by atoms with Crippen molar-refractivity contribution in [2.24, 2.45) is 0 Å². The van der Waals surface area contributed by atoms with Gasteiger partial charge in [-0.2, -0.15) is 0 Å². The number of hydrogen-bond donors (Lipinski definition) is 1. The molecule has 0 fully saturated rings. The maximum absolute atomic E-state index is 11.9. The third-order valence-corrected chi connectivity index (χ3v) is 5.24. The van der Waals surface area contributed by atoms with Crippen molar-refractivity contribution in [2.75, 3.05) is 0 Å². The Morgan fingerprint density at radius 3 is 2.11 bits per heavy atom. The first kappa shape index (κ1) is 24.5. The van der Waals surface area contributed by atoms with Crippen LogP contribution in [0, 0.1) is 6.92 Å². The Kier molecular flexibility index (Phi) is 15.3. The fourth-order valence-electron chi connectivity index (χ4n) is 3.47. The lowest BCUT2D eigenvalue weighted by Gasteiger charge is -2.06. The highest BCUT2D eigenvalue weighted by Gasteiger charge is 2.01. The van der Waals surface area contributed by atoms with Gasteiger partial charge in [-0.15, -0.1) is 0 Å². The van der Waals surface area contributed by atoms with Crippen molar-refractivity contribution < 1.29 is 4.79 Å². The van der Waals surface area contributed by atoms with E-state index in [9.17, 15) is 4.79 Å². The van der Waals surface area contributed by atoms with E-state index in [1.807, 2.05) is 6.07 Å². The van der Waals surface area contributed by atoms with Crippen LogP contribution in [-0.2, 0) is 11.3 Å². The van der Waals surface area contributed by atoms with E-state index >= 15 is 0 Å². The summed E-state index contributed by atoms with van der Waals surface area (Å²) in [5.41, 5.74) is 2.42. The summed E-state index contributed by atoms with van der Waals surface area (Å²) in [7, 11) is 0. The molecule has 0 saturated heterocycles. The molecular weight excluding hydrogens is 342 g/mol. The topological polar surface area (TPSA) is 29.1 Å². The molecule has 0 atom stereocenters. The fraction of sp³-hybridized carbons (Fsp3) is 0.654. The van der Waals surface area contributed by atoms with Crippen LogP contribution in [0.5, 0.6) is 0 Å². The SMILES string of the molecule is CCCCCCCC/C=C\CCCCCCCC(=O)NCc1cccc(C)c1. The van der Waals surface area contributed by atoms with E-state index < -0.39 is 0 Å². The molecule has 0 aliphatic heterocycles. The molecule has 0 saturated carbocycles. The Hall–Kier alpha value is -1.57. The molecule has 2 heteroatoms. The van der Waals surface area contributed by atoms with Crippen molar-refractivity contribution in [1.29, 1.82) is 0 Å². The van der Waals surface area contributed by atoms with Gasteiger partial charge in [0, 0.05) is 13.0 Å². The molecule has 0 aliphatic rings. The van der Waals surface area contributed by atoms with Crippen LogP contribution in [0.1, 0.15) is 108 Å². The van der Waals surface area contributed by atoms with E-state index in [-0.39, 0.29) is 5.91 Å². The van der Waals surface area contributed by atoms with Gasteiger partial charge in [0.1, 0.15) is 0 Å². The number of allylic oxidation sites excluding steroid dienone is 2. The monoisotopic (exact) mass is 385 g/mol. The third-order valence-electron chi connectivity index (χ3n) is 5.24. The van der Waals surface area contributed by atoms with E-state index in [2.05, 4.69) is 49.5 Å². The molecule has 0 heterocycles. The van der Waals surface area contributed by atoms with E-state index in [1.54, 1.807) is 0 Å². The summed E-state index contributed by atoms with van der Waals surface area (Å²) < 4.78 is 0. The number of hydrogen-bond acceptors (Lipinski definition) is 1. The first-order valence-corrected chi connectivity index (χ1v) is 11.7. The summed E-state index contributed by atoms with van der Waals surface area (Å²) in [6.07, 6.45) is 22.1. The van der Waals surface area contributed by atoms with Crippen molar-refractivity contribution >= 4 is 5.91 Å². The second kappa shape index (κ2) is 17.5. The molecule has 1 aromatic carbocycles. The van der Waals surface area contributed by atoms with Gasteiger partial charge >= 0.3 is 0 Å². The van der Waals surface area contributed by atoms with Gasteiger partial charge in [0.15, 0.2) is 0 Å². The minimum absolute atomic E-state index is 0.180. The zero-order chi connectivity index (χ0) is 20.3. The normalized spacial score (nSPS) is 11.2. The zero-order valence-corrected chi connectivity index (χ0v) is 18.5. The van der Waals surface area contributed by atoms with Crippen LogP contribution in [0.3, 0.4) is 0 Å². The Morgan fingerprint density at radius 1 is 0.857 bits per heavy atom. The highest BCUT2D eigenvalue weighted by molar-refractivity contribution is 5.75. The summed E-state index contributed by atoms with van der Waals surface area (Å²) in [5, 5.41) is 3.03. The average Bonchev–Trinajstić information content (AvgIpc) is 2.69. The van der Waals surface area contributed by atoms with Crippen LogP contribution in [0.25, 0.3) is 0 Å². The first-order chi connectivity index (χ1) is 13.7. The Labute approximate surface area is 174 Å². The lowest BCUT2D eigenvalue weighted by atomic mass is 10.1. The standard InChI is InChI=1S/C26H43NO/c1-3-4-5-6-7-8-9-10-11-12-13-14-15-16-17-21-26(28)27-23-25-20-18-19-24(2)22-25/h10-11,18-20,22H,3-9,12-17,21,23H2,1-2H3,(H,27,28)/b11-10-. The van der Waals surface area contributed by atoms with Crippen LogP contribution in [-0.4, -0.2) is 5.91 Å². The number of carbonyl (C=O) groups excluding carboxylic acids is 1. The maximum Gasteiger partial charge on any atom is 0.220 e. The van der Waals surface area contributed by atoms with Gasteiger partial charge in [0.05, 0.1) is 0 Å². The Balaban J connectivity index is 1.85. The highest BCUT2D eigenvalue weighted by Crippen LogP contribution is 2.10. The predicted octanol–water partition coefficient (Wildman–Crippen LogP) is 7.65. The molecule has 0 unspecified atom stereocenters. The van der Waals surface area contributed by atoms with Crippen LogP contribution >= 0.6 is 0 Å². The first-order valence-electron chi connectivity index (χ1n) is 11.7. The van der Waals surface area contributed by atoms with Crippen LogP contribution in [0.4, 0.5) is 0 Å². The molecule has 1 aromatic rings. The molecular formula is C26H43NO.